The first-order chi connectivity index (χ1) is 10.4. The fourth-order valence-electron chi connectivity index (χ4n) is 2.81. The van der Waals surface area contributed by atoms with E-state index in [-0.39, 0.29) is 5.41 Å². The van der Waals surface area contributed by atoms with Gasteiger partial charge in [-0.1, -0.05) is 69.3 Å². The van der Waals surface area contributed by atoms with Crippen molar-refractivity contribution in [1.29, 1.82) is 0 Å². The lowest BCUT2D eigenvalue weighted by Gasteiger charge is -2.19. The first kappa shape index (κ1) is 14.6. The van der Waals surface area contributed by atoms with Gasteiger partial charge in [-0.2, -0.15) is 0 Å². The first-order valence-electron chi connectivity index (χ1n) is 7.55. The predicted octanol–water partition coefficient (Wildman–Crippen LogP) is 5.69. The van der Waals surface area contributed by atoms with Gasteiger partial charge < -0.3 is 5.11 Å². The van der Waals surface area contributed by atoms with Gasteiger partial charge in [0.1, 0.15) is 5.75 Å². The molecule has 1 radical (unpaired) electrons. The average molecular weight is 289 g/mol. The summed E-state index contributed by atoms with van der Waals surface area (Å²) in [5, 5.41) is 12.5. The zero-order chi connectivity index (χ0) is 15.9. The largest absolute Gasteiger partial charge is 0.507 e. The van der Waals surface area contributed by atoms with E-state index >= 15 is 0 Å². The second-order valence-electron chi connectivity index (χ2n) is 6.84. The Morgan fingerprint density at radius 3 is 2.18 bits per heavy atom. The van der Waals surface area contributed by atoms with E-state index in [0.717, 1.165) is 27.5 Å². The highest BCUT2D eigenvalue weighted by atomic mass is 16.3. The van der Waals surface area contributed by atoms with Gasteiger partial charge in [-0.3, -0.25) is 0 Å². The zero-order valence-corrected chi connectivity index (χ0v) is 13.4. The lowest BCUT2D eigenvalue weighted by atomic mass is 9.86. The Kier molecular flexibility index (Phi) is 3.44. The fraction of sp³-hybridized carbons (Fsp3) is 0.190. The Balaban J connectivity index is 2.19. The Labute approximate surface area is 132 Å². The molecule has 0 aromatic heterocycles. The maximum Gasteiger partial charge on any atom is 0.124 e. The number of benzene rings is 3. The standard InChI is InChI=1S/C21H21O/c1-14-5-11-18-16(13-14)8-12-19(22)20(18)15-6-9-17(10-7-15)21(2,3)4/h5-13,22H,1H2,2-4H3. The van der Waals surface area contributed by atoms with E-state index in [1.54, 1.807) is 6.07 Å². The van der Waals surface area contributed by atoms with Gasteiger partial charge in [0.05, 0.1) is 0 Å². The van der Waals surface area contributed by atoms with Crippen LogP contribution in [0.25, 0.3) is 21.9 Å². The van der Waals surface area contributed by atoms with E-state index < -0.39 is 0 Å². The molecule has 0 atom stereocenters. The van der Waals surface area contributed by atoms with Crippen LogP contribution in [0.4, 0.5) is 0 Å². The van der Waals surface area contributed by atoms with Crippen molar-refractivity contribution >= 4 is 10.8 Å². The highest BCUT2D eigenvalue weighted by Crippen LogP contribution is 2.37. The van der Waals surface area contributed by atoms with Crippen LogP contribution >= 0.6 is 0 Å². The van der Waals surface area contributed by atoms with Crippen molar-refractivity contribution in [3.63, 3.8) is 0 Å². The quantitative estimate of drug-likeness (QED) is 0.610. The highest BCUT2D eigenvalue weighted by Gasteiger charge is 2.15. The van der Waals surface area contributed by atoms with Gasteiger partial charge in [0, 0.05) is 5.56 Å². The van der Waals surface area contributed by atoms with Crippen molar-refractivity contribution < 1.29 is 5.11 Å². The molecule has 0 heterocycles. The summed E-state index contributed by atoms with van der Waals surface area (Å²) >= 11 is 0. The molecule has 0 fully saturated rings. The normalized spacial score (nSPS) is 11.8. The lowest BCUT2D eigenvalue weighted by molar-refractivity contribution is 0.478. The van der Waals surface area contributed by atoms with Crippen LogP contribution in [0.1, 0.15) is 31.9 Å². The zero-order valence-electron chi connectivity index (χ0n) is 13.4. The Morgan fingerprint density at radius 1 is 0.864 bits per heavy atom. The summed E-state index contributed by atoms with van der Waals surface area (Å²) in [7, 11) is 0. The summed E-state index contributed by atoms with van der Waals surface area (Å²) in [4.78, 5) is 0. The molecule has 0 unspecified atom stereocenters. The molecule has 1 heteroatoms. The third-order valence-electron chi connectivity index (χ3n) is 4.10. The SMILES string of the molecule is [CH2]c1ccc2c(-c3ccc(C(C)(C)C)cc3)c(O)ccc2c1. The molecule has 0 aliphatic rings. The minimum atomic E-state index is 0.127. The number of fused-ring (bicyclic) bond motifs is 1. The van der Waals surface area contributed by atoms with E-state index in [9.17, 15) is 5.11 Å². The molecule has 0 saturated carbocycles. The number of rotatable bonds is 1. The average Bonchev–Trinajstić information content (AvgIpc) is 2.47. The van der Waals surface area contributed by atoms with Crippen LogP contribution < -0.4 is 0 Å². The van der Waals surface area contributed by atoms with Gasteiger partial charge in [0.25, 0.3) is 0 Å². The molecular weight excluding hydrogens is 268 g/mol. The molecule has 3 rings (SSSR count). The number of phenols is 1. The maximum atomic E-state index is 10.3. The van der Waals surface area contributed by atoms with Crippen molar-refractivity contribution in [2.24, 2.45) is 0 Å². The molecule has 0 spiro atoms. The van der Waals surface area contributed by atoms with Crippen molar-refractivity contribution in [2.45, 2.75) is 26.2 Å². The summed E-state index contributed by atoms with van der Waals surface area (Å²) in [6, 6.07) is 18.2. The Bertz CT molecular complexity index is 821. The molecule has 0 bridgehead atoms. The maximum absolute atomic E-state index is 10.3. The molecular formula is C21H21O. The molecule has 22 heavy (non-hydrogen) atoms. The number of aromatic hydroxyl groups is 1. The third-order valence-corrected chi connectivity index (χ3v) is 4.10. The molecule has 1 nitrogen and oxygen atoms in total. The van der Waals surface area contributed by atoms with Crippen LogP contribution in [0.5, 0.6) is 5.75 Å². The monoisotopic (exact) mass is 289 g/mol. The van der Waals surface area contributed by atoms with Crippen molar-refractivity contribution in [1.82, 2.24) is 0 Å². The second-order valence-corrected chi connectivity index (χ2v) is 6.84. The van der Waals surface area contributed by atoms with Crippen molar-refractivity contribution in [3.05, 3.63) is 72.6 Å². The molecule has 0 aliphatic heterocycles. The van der Waals surface area contributed by atoms with Crippen molar-refractivity contribution in [2.75, 3.05) is 0 Å². The lowest BCUT2D eigenvalue weighted by Crippen LogP contribution is -2.10. The predicted molar refractivity (Wildman–Crippen MR) is 94.2 cm³/mol. The number of phenolic OH excluding ortho intramolecular Hbond substituents is 1. The van der Waals surface area contributed by atoms with E-state index in [1.165, 1.54) is 5.56 Å². The smallest absolute Gasteiger partial charge is 0.124 e. The summed E-state index contributed by atoms with van der Waals surface area (Å²) in [5.74, 6) is 0.313. The summed E-state index contributed by atoms with van der Waals surface area (Å²) in [6.07, 6.45) is 0. The van der Waals surface area contributed by atoms with Crippen LogP contribution in [0.3, 0.4) is 0 Å². The van der Waals surface area contributed by atoms with E-state index in [4.69, 9.17) is 0 Å². The minimum absolute atomic E-state index is 0.127. The molecule has 0 amide bonds. The molecule has 3 aromatic carbocycles. The molecule has 111 valence electrons. The topological polar surface area (TPSA) is 20.2 Å². The molecule has 1 N–H and O–H groups in total. The summed E-state index contributed by atoms with van der Waals surface area (Å²) < 4.78 is 0. The van der Waals surface area contributed by atoms with Gasteiger partial charge in [-0.25, -0.2) is 0 Å². The summed E-state index contributed by atoms with van der Waals surface area (Å²) in [6.45, 7) is 10.6. The Hall–Kier alpha value is -2.28. The molecule has 0 saturated heterocycles. The van der Waals surface area contributed by atoms with Crippen LogP contribution in [-0.4, -0.2) is 5.11 Å². The number of hydrogen-bond acceptors (Lipinski definition) is 1. The van der Waals surface area contributed by atoms with E-state index in [2.05, 4.69) is 52.0 Å². The van der Waals surface area contributed by atoms with E-state index in [0.29, 0.717) is 5.75 Å². The minimum Gasteiger partial charge on any atom is -0.507 e. The highest BCUT2D eigenvalue weighted by molar-refractivity contribution is 6.00. The van der Waals surface area contributed by atoms with Crippen LogP contribution in [0.15, 0.2) is 54.6 Å². The van der Waals surface area contributed by atoms with E-state index in [1.807, 2.05) is 24.3 Å². The Morgan fingerprint density at radius 2 is 1.55 bits per heavy atom. The second kappa shape index (κ2) is 5.17. The van der Waals surface area contributed by atoms with Gasteiger partial charge in [0.2, 0.25) is 0 Å². The third kappa shape index (κ3) is 2.59. The van der Waals surface area contributed by atoms with Gasteiger partial charge in [-0.15, -0.1) is 0 Å². The van der Waals surface area contributed by atoms with Crippen molar-refractivity contribution in [3.8, 4) is 16.9 Å². The summed E-state index contributed by atoms with van der Waals surface area (Å²) in [5.41, 5.74) is 4.32. The van der Waals surface area contributed by atoms with Gasteiger partial charge >= 0.3 is 0 Å². The van der Waals surface area contributed by atoms with Crippen LogP contribution in [0.2, 0.25) is 0 Å². The van der Waals surface area contributed by atoms with Crippen LogP contribution in [0, 0.1) is 6.92 Å². The van der Waals surface area contributed by atoms with Crippen LogP contribution in [-0.2, 0) is 5.41 Å². The first-order valence-corrected chi connectivity index (χ1v) is 7.55. The fourth-order valence-corrected chi connectivity index (χ4v) is 2.81. The molecule has 3 aromatic rings. The van der Waals surface area contributed by atoms with Gasteiger partial charge in [0.15, 0.2) is 0 Å². The van der Waals surface area contributed by atoms with Gasteiger partial charge in [-0.05, 0) is 45.9 Å². The molecule has 0 aliphatic carbocycles. The number of hydrogen-bond donors (Lipinski definition) is 1.